The lowest BCUT2D eigenvalue weighted by Crippen LogP contribution is -2.48. The van der Waals surface area contributed by atoms with Gasteiger partial charge in [-0.15, -0.1) is 0 Å². The summed E-state index contributed by atoms with van der Waals surface area (Å²) in [5, 5.41) is 12.0. The van der Waals surface area contributed by atoms with E-state index in [1.807, 2.05) is 66.5 Å². The smallest absolute Gasteiger partial charge is 0.411 e. The quantitative estimate of drug-likeness (QED) is 0.352. The summed E-state index contributed by atoms with van der Waals surface area (Å²) >= 11 is 0. The highest BCUT2D eigenvalue weighted by Crippen LogP contribution is 2.28. The van der Waals surface area contributed by atoms with E-state index in [4.69, 9.17) is 9.84 Å². The molecule has 0 aromatic heterocycles. The van der Waals surface area contributed by atoms with Crippen LogP contribution in [0.25, 0.3) is 11.1 Å². The first-order valence-electron chi connectivity index (χ1n) is 15.2. The van der Waals surface area contributed by atoms with Crippen molar-refractivity contribution in [1.29, 1.82) is 0 Å². The van der Waals surface area contributed by atoms with Crippen LogP contribution in [0.15, 0.2) is 54.6 Å². The third-order valence-corrected chi connectivity index (χ3v) is 8.24. The lowest BCUT2D eigenvalue weighted by atomic mass is 10.0. The van der Waals surface area contributed by atoms with E-state index in [1.165, 1.54) is 4.90 Å². The SMILES string of the molecule is CN(CCN1CCC(OC(=O)Nc2ccccc2-c2ccccc2)CC1)C(=O)CCCCCN1CCN(C(=O)O)CC1. The molecule has 10 heteroatoms. The standard InChI is InChI=1S/C32H45N5O5/c1-34(30(38)14-6-3-9-17-35-22-24-37(25-23-35)32(40)41)20-21-36-18-15-27(16-19-36)42-31(39)33-29-13-8-7-12-28(29)26-10-4-2-5-11-26/h2,4-5,7-8,10-13,27H,3,6,9,14-25H2,1H3,(H,33,39)(H,40,41). The van der Waals surface area contributed by atoms with Gasteiger partial charge < -0.3 is 24.5 Å². The number of amides is 3. The van der Waals surface area contributed by atoms with Crippen LogP contribution in [-0.4, -0.2) is 115 Å². The van der Waals surface area contributed by atoms with E-state index in [2.05, 4.69) is 15.1 Å². The number of nitrogens with zero attached hydrogens (tertiary/aromatic N) is 4. The number of piperidine rings is 1. The number of para-hydroxylation sites is 1. The molecule has 2 N–H and O–H groups in total. The number of likely N-dealkylation sites (tertiary alicyclic amines) is 1. The molecule has 0 saturated carbocycles. The van der Waals surface area contributed by atoms with Crippen LogP contribution < -0.4 is 5.32 Å². The molecule has 0 spiro atoms. The lowest BCUT2D eigenvalue weighted by molar-refractivity contribution is -0.130. The van der Waals surface area contributed by atoms with Crippen molar-refractivity contribution < 1.29 is 24.2 Å². The summed E-state index contributed by atoms with van der Waals surface area (Å²) in [4.78, 5) is 44.2. The molecule has 0 radical (unpaired) electrons. The van der Waals surface area contributed by atoms with Gasteiger partial charge in [0.2, 0.25) is 5.91 Å². The van der Waals surface area contributed by atoms with Crippen LogP contribution in [0, 0.1) is 0 Å². The number of likely N-dealkylation sites (N-methyl/N-ethyl adjacent to an activating group) is 1. The van der Waals surface area contributed by atoms with Crippen molar-refractivity contribution in [2.45, 2.75) is 44.6 Å². The molecule has 2 aromatic carbocycles. The van der Waals surface area contributed by atoms with Crippen LogP contribution in [0.2, 0.25) is 0 Å². The molecule has 2 saturated heterocycles. The summed E-state index contributed by atoms with van der Waals surface area (Å²) < 4.78 is 5.75. The number of nitrogens with one attached hydrogen (secondary N) is 1. The summed E-state index contributed by atoms with van der Waals surface area (Å²) in [5.41, 5.74) is 2.72. The molecule has 0 unspecified atom stereocenters. The van der Waals surface area contributed by atoms with Gasteiger partial charge in [-0.05, 0) is 43.9 Å². The molecular weight excluding hydrogens is 534 g/mol. The number of hydrogen-bond acceptors (Lipinski definition) is 6. The number of carbonyl (C=O) groups excluding carboxylic acids is 2. The van der Waals surface area contributed by atoms with Gasteiger partial charge in [-0.2, -0.15) is 0 Å². The van der Waals surface area contributed by atoms with Crippen molar-refractivity contribution in [2.75, 3.05) is 71.3 Å². The monoisotopic (exact) mass is 579 g/mol. The number of hydrogen-bond donors (Lipinski definition) is 2. The third-order valence-electron chi connectivity index (χ3n) is 8.24. The molecule has 0 aliphatic carbocycles. The van der Waals surface area contributed by atoms with E-state index in [0.29, 0.717) is 26.1 Å². The number of unbranched alkanes of at least 4 members (excludes halogenated alkanes) is 2. The van der Waals surface area contributed by atoms with Crippen LogP contribution in [0.1, 0.15) is 38.5 Å². The van der Waals surface area contributed by atoms with Crippen molar-refractivity contribution in [3.05, 3.63) is 54.6 Å². The topological polar surface area (TPSA) is 106 Å². The molecule has 2 heterocycles. The summed E-state index contributed by atoms with van der Waals surface area (Å²) in [7, 11) is 1.87. The first-order chi connectivity index (χ1) is 20.4. The fourth-order valence-electron chi connectivity index (χ4n) is 5.56. The van der Waals surface area contributed by atoms with Crippen molar-refractivity contribution in [3.63, 3.8) is 0 Å². The lowest BCUT2D eigenvalue weighted by Gasteiger charge is -2.33. The maximum absolute atomic E-state index is 12.7. The van der Waals surface area contributed by atoms with Gasteiger partial charge in [0.05, 0.1) is 5.69 Å². The third kappa shape index (κ3) is 9.73. The minimum atomic E-state index is -0.836. The second kappa shape index (κ2) is 16.1. The van der Waals surface area contributed by atoms with Gasteiger partial charge in [0.15, 0.2) is 0 Å². The highest BCUT2D eigenvalue weighted by atomic mass is 16.6. The van der Waals surface area contributed by atoms with Crippen molar-refractivity contribution in [3.8, 4) is 11.1 Å². The van der Waals surface area contributed by atoms with E-state index in [1.54, 1.807) is 0 Å². The van der Waals surface area contributed by atoms with Gasteiger partial charge in [0.1, 0.15) is 6.10 Å². The Hall–Kier alpha value is -3.63. The second-order valence-corrected chi connectivity index (χ2v) is 11.2. The van der Waals surface area contributed by atoms with E-state index in [9.17, 15) is 14.4 Å². The average Bonchev–Trinajstić information content (AvgIpc) is 3.01. The Morgan fingerprint density at radius 1 is 0.857 bits per heavy atom. The zero-order valence-electron chi connectivity index (χ0n) is 24.7. The number of benzene rings is 2. The zero-order chi connectivity index (χ0) is 29.7. The fraction of sp³-hybridized carbons (Fsp3) is 0.531. The van der Waals surface area contributed by atoms with Crippen molar-refractivity contribution >= 4 is 23.8 Å². The Kier molecular flexibility index (Phi) is 12.0. The van der Waals surface area contributed by atoms with E-state index in [0.717, 1.165) is 88.2 Å². The van der Waals surface area contributed by atoms with Crippen LogP contribution >= 0.6 is 0 Å². The molecule has 2 aliphatic heterocycles. The number of carbonyl (C=O) groups is 3. The first kappa shape index (κ1) is 31.3. The van der Waals surface area contributed by atoms with Crippen LogP contribution in [0.5, 0.6) is 0 Å². The normalized spacial score (nSPS) is 16.6. The predicted octanol–water partition coefficient (Wildman–Crippen LogP) is 4.68. The fourth-order valence-corrected chi connectivity index (χ4v) is 5.56. The molecule has 2 aliphatic rings. The summed E-state index contributed by atoms with van der Waals surface area (Å²) in [6.45, 7) is 6.85. The van der Waals surface area contributed by atoms with Crippen molar-refractivity contribution in [2.24, 2.45) is 0 Å². The summed E-state index contributed by atoms with van der Waals surface area (Å²) in [6.07, 6.45) is 3.62. The second-order valence-electron chi connectivity index (χ2n) is 11.2. The van der Waals surface area contributed by atoms with Gasteiger partial charge in [0, 0.05) is 71.4 Å². The molecule has 2 aromatic rings. The molecule has 10 nitrogen and oxygen atoms in total. The minimum absolute atomic E-state index is 0.120. The largest absolute Gasteiger partial charge is 0.465 e. The van der Waals surface area contributed by atoms with E-state index in [-0.39, 0.29) is 12.0 Å². The Bertz CT molecular complexity index is 1150. The van der Waals surface area contributed by atoms with Crippen LogP contribution in [-0.2, 0) is 9.53 Å². The molecule has 4 rings (SSSR count). The highest BCUT2D eigenvalue weighted by Gasteiger charge is 2.23. The number of carboxylic acid groups (broad SMARTS) is 1. The van der Waals surface area contributed by atoms with Gasteiger partial charge in [-0.1, -0.05) is 55.0 Å². The molecule has 42 heavy (non-hydrogen) atoms. The number of piperazine rings is 1. The molecule has 0 atom stereocenters. The molecule has 2 fully saturated rings. The summed E-state index contributed by atoms with van der Waals surface area (Å²) in [5.74, 6) is 0.177. The number of anilines is 1. The molecular formula is C32H45N5O5. The highest BCUT2D eigenvalue weighted by molar-refractivity contribution is 5.91. The van der Waals surface area contributed by atoms with E-state index >= 15 is 0 Å². The Morgan fingerprint density at radius 3 is 2.24 bits per heavy atom. The maximum Gasteiger partial charge on any atom is 0.411 e. The molecule has 0 bridgehead atoms. The van der Waals surface area contributed by atoms with Crippen molar-refractivity contribution in [1.82, 2.24) is 19.6 Å². The van der Waals surface area contributed by atoms with Gasteiger partial charge in [-0.3, -0.25) is 15.0 Å². The molecule has 228 valence electrons. The van der Waals surface area contributed by atoms with Crippen LogP contribution in [0.3, 0.4) is 0 Å². The average molecular weight is 580 g/mol. The van der Waals surface area contributed by atoms with Crippen LogP contribution in [0.4, 0.5) is 15.3 Å². The predicted molar refractivity (Wildman–Crippen MR) is 164 cm³/mol. The zero-order valence-corrected chi connectivity index (χ0v) is 24.7. The Labute approximate surface area is 249 Å². The maximum atomic E-state index is 12.7. The first-order valence-corrected chi connectivity index (χ1v) is 15.2. The Morgan fingerprint density at radius 2 is 1.52 bits per heavy atom. The van der Waals surface area contributed by atoms with Gasteiger partial charge in [0.25, 0.3) is 0 Å². The van der Waals surface area contributed by atoms with E-state index < -0.39 is 12.2 Å². The van der Waals surface area contributed by atoms with Gasteiger partial charge >= 0.3 is 12.2 Å². The Balaban J connectivity index is 1.06. The number of rotatable bonds is 12. The molecule has 3 amide bonds. The minimum Gasteiger partial charge on any atom is -0.465 e. The number of ether oxygens (including phenoxy) is 1. The van der Waals surface area contributed by atoms with Gasteiger partial charge in [-0.25, -0.2) is 9.59 Å². The summed E-state index contributed by atoms with van der Waals surface area (Å²) in [6, 6.07) is 17.7.